The van der Waals surface area contributed by atoms with Crippen LogP contribution in [-0.4, -0.2) is 31.1 Å². The van der Waals surface area contributed by atoms with Crippen LogP contribution in [0.1, 0.15) is 33.6 Å². The number of aromatic nitrogens is 5. The fraction of sp³-hybridized carbons (Fsp3) is 0.600. The van der Waals surface area contributed by atoms with Gasteiger partial charge in [0.25, 0.3) is 0 Å². The molecule has 0 spiro atoms. The van der Waals surface area contributed by atoms with Gasteiger partial charge in [-0.3, -0.25) is 0 Å². The summed E-state index contributed by atoms with van der Waals surface area (Å²) in [6.45, 7) is 7.78. The van der Waals surface area contributed by atoms with E-state index in [1.165, 1.54) is 6.20 Å². The van der Waals surface area contributed by atoms with Crippen molar-refractivity contribution in [2.45, 2.75) is 38.6 Å². The standard InChI is InChI=1S/C10H16N6O/c1-9(2,10(3,4)11)8-13-7(15-17-8)6-5-12-16-14-6/h5H,11H2,1-4H3,(H,12,14,16). The van der Waals surface area contributed by atoms with Gasteiger partial charge in [0.05, 0.1) is 11.6 Å². The van der Waals surface area contributed by atoms with Crippen LogP contribution in [0.25, 0.3) is 11.5 Å². The molecule has 0 radical (unpaired) electrons. The van der Waals surface area contributed by atoms with E-state index >= 15 is 0 Å². The first-order valence-corrected chi connectivity index (χ1v) is 5.31. The minimum Gasteiger partial charge on any atom is -0.338 e. The van der Waals surface area contributed by atoms with Crippen LogP contribution in [0, 0.1) is 0 Å². The van der Waals surface area contributed by atoms with Gasteiger partial charge in [-0.15, -0.1) is 0 Å². The fourth-order valence-corrected chi connectivity index (χ4v) is 1.17. The van der Waals surface area contributed by atoms with Gasteiger partial charge in [0.1, 0.15) is 0 Å². The summed E-state index contributed by atoms with van der Waals surface area (Å²) in [5, 5.41) is 14.0. The van der Waals surface area contributed by atoms with Gasteiger partial charge >= 0.3 is 0 Å². The summed E-state index contributed by atoms with van der Waals surface area (Å²) < 4.78 is 5.26. The lowest BCUT2D eigenvalue weighted by molar-refractivity contribution is 0.223. The summed E-state index contributed by atoms with van der Waals surface area (Å²) in [4.78, 5) is 4.31. The number of aromatic amines is 1. The highest BCUT2D eigenvalue weighted by Crippen LogP contribution is 2.32. The molecule has 3 N–H and O–H groups in total. The molecule has 0 saturated carbocycles. The summed E-state index contributed by atoms with van der Waals surface area (Å²) in [6, 6.07) is 0. The maximum Gasteiger partial charge on any atom is 0.234 e. The maximum absolute atomic E-state index is 6.11. The Hall–Kier alpha value is -1.76. The minimum absolute atomic E-state index is 0.408. The van der Waals surface area contributed by atoms with Gasteiger partial charge in [0.15, 0.2) is 5.69 Å². The molecule has 0 atom stereocenters. The molecule has 0 aliphatic rings. The number of hydrogen-bond acceptors (Lipinski definition) is 6. The molecule has 0 bridgehead atoms. The van der Waals surface area contributed by atoms with Crippen LogP contribution in [0.15, 0.2) is 10.7 Å². The Morgan fingerprint density at radius 1 is 1.29 bits per heavy atom. The summed E-state index contributed by atoms with van der Waals surface area (Å²) in [6.07, 6.45) is 1.54. The van der Waals surface area contributed by atoms with Crippen LogP contribution in [0.4, 0.5) is 0 Å². The largest absolute Gasteiger partial charge is 0.338 e. The molecule has 0 aliphatic carbocycles. The third-order valence-electron chi connectivity index (χ3n) is 3.22. The van der Waals surface area contributed by atoms with Gasteiger partial charge in [-0.25, -0.2) is 0 Å². The van der Waals surface area contributed by atoms with Crippen molar-refractivity contribution in [2.75, 3.05) is 0 Å². The maximum atomic E-state index is 6.11. The van der Waals surface area contributed by atoms with Gasteiger partial charge < -0.3 is 10.3 Å². The molecule has 0 aromatic carbocycles. The molecule has 17 heavy (non-hydrogen) atoms. The lowest BCUT2D eigenvalue weighted by Crippen LogP contribution is -2.50. The fourth-order valence-electron chi connectivity index (χ4n) is 1.17. The van der Waals surface area contributed by atoms with Crippen LogP contribution in [-0.2, 0) is 5.41 Å². The van der Waals surface area contributed by atoms with Crippen LogP contribution < -0.4 is 5.73 Å². The third-order valence-corrected chi connectivity index (χ3v) is 3.22. The molecule has 0 aliphatic heterocycles. The second-order valence-corrected chi connectivity index (χ2v) is 5.13. The number of H-pyrrole nitrogens is 1. The predicted octanol–water partition coefficient (Wildman–Crippen LogP) is 0.870. The number of rotatable bonds is 3. The molecule has 0 unspecified atom stereocenters. The number of hydrogen-bond donors (Lipinski definition) is 2. The Morgan fingerprint density at radius 3 is 2.53 bits per heavy atom. The average Bonchev–Trinajstić information content (AvgIpc) is 2.87. The Kier molecular flexibility index (Phi) is 2.50. The highest BCUT2D eigenvalue weighted by molar-refractivity contribution is 5.45. The second kappa shape index (κ2) is 3.63. The van der Waals surface area contributed by atoms with Crippen LogP contribution in [0.2, 0.25) is 0 Å². The molecule has 2 rings (SSSR count). The molecule has 2 heterocycles. The van der Waals surface area contributed by atoms with Crippen molar-refractivity contribution >= 4 is 0 Å². The monoisotopic (exact) mass is 236 g/mol. The molecular weight excluding hydrogens is 220 g/mol. The zero-order chi connectivity index (χ0) is 12.7. The first kappa shape index (κ1) is 11.7. The molecule has 0 fully saturated rings. The predicted molar refractivity (Wildman–Crippen MR) is 61.0 cm³/mol. The van der Waals surface area contributed by atoms with E-state index in [4.69, 9.17) is 10.3 Å². The normalized spacial score (nSPS) is 13.0. The highest BCUT2D eigenvalue weighted by Gasteiger charge is 2.40. The Balaban J connectivity index is 2.37. The molecule has 2 aromatic heterocycles. The number of nitrogens with one attached hydrogen (secondary N) is 1. The van der Waals surface area contributed by atoms with Crippen molar-refractivity contribution in [3.63, 3.8) is 0 Å². The first-order valence-electron chi connectivity index (χ1n) is 5.31. The summed E-state index contributed by atoms with van der Waals surface area (Å²) in [5.74, 6) is 0.897. The van der Waals surface area contributed by atoms with Crippen LogP contribution >= 0.6 is 0 Å². The van der Waals surface area contributed by atoms with Crippen molar-refractivity contribution in [1.82, 2.24) is 25.6 Å². The Bertz CT molecular complexity index is 493. The molecular formula is C10H16N6O. The summed E-state index contributed by atoms with van der Waals surface area (Å²) in [5.41, 5.74) is 5.76. The van der Waals surface area contributed by atoms with Gasteiger partial charge in [-0.05, 0) is 27.7 Å². The van der Waals surface area contributed by atoms with Crippen molar-refractivity contribution in [3.8, 4) is 11.5 Å². The summed E-state index contributed by atoms with van der Waals surface area (Å²) >= 11 is 0. The minimum atomic E-state index is -0.472. The van der Waals surface area contributed by atoms with Gasteiger partial charge in [-0.2, -0.15) is 20.4 Å². The van der Waals surface area contributed by atoms with E-state index in [1.807, 2.05) is 27.7 Å². The Labute approximate surface area is 98.8 Å². The second-order valence-electron chi connectivity index (χ2n) is 5.13. The van der Waals surface area contributed by atoms with Crippen LogP contribution in [0.5, 0.6) is 0 Å². The molecule has 2 aromatic rings. The van der Waals surface area contributed by atoms with Crippen molar-refractivity contribution in [2.24, 2.45) is 5.73 Å². The zero-order valence-corrected chi connectivity index (χ0v) is 10.4. The van der Waals surface area contributed by atoms with Crippen molar-refractivity contribution < 1.29 is 4.52 Å². The molecule has 0 amide bonds. The van der Waals surface area contributed by atoms with Crippen molar-refractivity contribution in [1.29, 1.82) is 0 Å². The molecule has 0 saturated heterocycles. The van der Waals surface area contributed by atoms with E-state index in [0.717, 1.165) is 0 Å². The topological polar surface area (TPSA) is 107 Å². The average molecular weight is 236 g/mol. The first-order chi connectivity index (χ1) is 7.82. The lowest BCUT2D eigenvalue weighted by Gasteiger charge is -2.34. The van der Waals surface area contributed by atoms with E-state index in [9.17, 15) is 0 Å². The van der Waals surface area contributed by atoms with E-state index in [-0.39, 0.29) is 0 Å². The quantitative estimate of drug-likeness (QED) is 0.818. The van der Waals surface area contributed by atoms with E-state index in [2.05, 4.69) is 25.6 Å². The third kappa shape index (κ3) is 1.93. The number of nitrogens with two attached hydrogens (primary N) is 1. The molecule has 7 nitrogen and oxygen atoms in total. The van der Waals surface area contributed by atoms with Crippen molar-refractivity contribution in [3.05, 3.63) is 12.1 Å². The highest BCUT2D eigenvalue weighted by atomic mass is 16.5. The van der Waals surface area contributed by atoms with E-state index in [0.29, 0.717) is 17.4 Å². The van der Waals surface area contributed by atoms with Gasteiger partial charge in [0.2, 0.25) is 11.7 Å². The van der Waals surface area contributed by atoms with E-state index < -0.39 is 11.0 Å². The molecule has 7 heteroatoms. The zero-order valence-electron chi connectivity index (χ0n) is 10.4. The van der Waals surface area contributed by atoms with Gasteiger partial charge in [-0.1, -0.05) is 5.16 Å². The molecule has 92 valence electrons. The number of nitrogens with zero attached hydrogens (tertiary/aromatic N) is 4. The Morgan fingerprint density at radius 2 is 2.00 bits per heavy atom. The van der Waals surface area contributed by atoms with E-state index in [1.54, 1.807) is 0 Å². The smallest absolute Gasteiger partial charge is 0.234 e. The SMILES string of the molecule is CC(C)(N)C(C)(C)c1nc(-c2cn[nH]n2)no1. The lowest BCUT2D eigenvalue weighted by atomic mass is 9.75. The van der Waals surface area contributed by atoms with Gasteiger partial charge in [0, 0.05) is 5.54 Å². The van der Waals surface area contributed by atoms with Crippen LogP contribution in [0.3, 0.4) is 0 Å². The summed E-state index contributed by atoms with van der Waals surface area (Å²) in [7, 11) is 0.